The van der Waals surface area contributed by atoms with Gasteiger partial charge in [-0.1, -0.05) is 23.7 Å². The second kappa shape index (κ2) is 10.2. The standard InChI is InChI=1S/C21H24ClFN4O2/c22-16-6-8-17(9-7-16)27-14-12-26(13-15-27)11-3-10-24-20(28)21(29)25-19-5-2-1-4-18(19)23/h1-2,4-9H,3,10-15H2,(H,24,28)(H,25,29). The highest BCUT2D eigenvalue weighted by Crippen LogP contribution is 2.19. The van der Waals surface area contributed by atoms with Gasteiger partial charge in [0.1, 0.15) is 5.82 Å². The fourth-order valence-corrected chi connectivity index (χ4v) is 3.33. The Labute approximate surface area is 174 Å². The van der Waals surface area contributed by atoms with Gasteiger partial charge in [0.25, 0.3) is 0 Å². The molecule has 8 heteroatoms. The topological polar surface area (TPSA) is 64.7 Å². The molecule has 2 amide bonds. The zero-order valence-corrected chi connectivity index (χ0v) is 16.8. The van der Waals surface area contributed by atoms with Crippen LogP contribution in [0.15, 0.2) is 48.5 Å². The Kier molecular flexibility index (Phi) is 7.43. The van der Waals surface area contributed by atoms with Gasteiger partial charge in [-0.25, -0.2) is 4.39 Å². The number of nitrogens with zero attached hydrogens (tertiary/aromatic N) is 2. The Morgan fingerprint density at radius 2 is 1.66 bits per heavy atom. The van der Waals surface area contributed by atoms with E-state index >= 15 is 0 Å². The lowest BCUT2D eigenvalue weighted by Crippen LogP contribution is -2.47. The highest BCUT2D eigenvalue weighted by molar-refractivity contribution is 6.39. The van der Waals surface area contributed by atoms with Crippen molar-refractivity contribution >= 4 is 34.8 Å². The number of nitrogens with one attached hydrogen (secondary N) is 2. The van der Waals surface area contributed by atoms with Gasteiger partial charge in [-0.2, -0.15) is 0 Å². The first-order chi connectivity index (χ1) is 14.0. The smallest absolute Gasteiger partial charge is 0.313 e. The third-order valence-corrected chi connectivity index (χ3v) is 5.08. The quantitative estimate of drug-likeness (QED) is 0.559. The minimum atomic E-state index is -0.869. The summed E-state index contributed by atoms with van der Waals surface area (Å²) >= 11 is 5.94. The third kappa shape index (κ3) is 6.17. The number of piperazine rings is 1. The maximum Gasteiger partial charge on any atom is 0.313 e. The largest absolute Gasteiger partial charge is 0.369 e. The Balaban J connectivity index is 1.32. The van der Waals surface area contributed by atoms with Crippen molar-refractivity contribution in [1.82, 2.24) is 10.2 Å². The van der Waals surface area contributed by atoms with E-state index in [-0.39, 0.29) is 5.69 Å². The molecule has 29 heavy (non-hydrogen) atoms. The summed E-state index contributed by atoms with van der Waals surface area (Å²) in [6.45, 7) is 4.96. The van der Waals surface area contributed by atoms with Crippen LogP contribution in [0.4, 0.5) is 15.8 Å². The molecule has 0 atom stereocenters. The zero-order valence-electron chi connectivity index (χ0n) is 16.0. The number of anilines is 2. The minimum absolute atomic E-state index is 0.00814. The molecule has 1 heterocycles. The highest BCUT2D eigenvalue weighted by Gasteiger charge is 2.18. The van der Waals surface area contributed by atoms with E-state index in [1.807, 2.05) is 24.3 Å². The molecule has 2 aromatic rings. The van der Waals surface area contributed by atoms with E-state index in [0.29, 0.717) is 6.54 Å². The third-order valence-electron chi connectivity index (χ3n) is 4.83. The fourth-order valence-electron chi connectivity index (χ4n) is 3.21. The lowest BCUT2D eigenvalue weighted by Gasteiger charge is -2.36. The molecule has 1 aliphatic rings. The van der Waals surface area contributed by atoms with Gasteiger partial charge in [0.05, 0.1) is 5.69 Å². The summed E-state index contributed by atoms with van der Waals surface area (Å²) in [6, 6.07) is 13.6. The normalized spacial score (nSPS) is 14.5. The van der Waals surface area contributed by atoms with Crippen LogP contribution in [0.1, 0.15) is 6.42 Å². The number of carbonyl (C=O) groups is 2. The van der Waals surface area contributed by atoms with E-state index in [0.717, 1.165) is 44.2 Å². The van der Waals surface area contributed by atoms with E-state index in [2.05, 4.69) is 20.4 Å². The van der Waals surface area contributed by atoms with Crippen LogP contribution in [-0.2, 0) is 9.59 Å². The summed E-state index contributed by atoms with van der Waals surface area (Å²) in [7, 11) is 0. The maximum atomic E-state index is 13.5. The molecule has 2 N–H and O–H groups in total. The number of para-hydroxylation sites is 1. The van der Waals surface area contributed by atoms with E-state index in [1.165, 1.54) is 23.9 Å². The van der Waals surface area contributed by atoms with Gasteiger partial charge >= 0.3 is 11.8 Å². The monoisotopic (exact) mass is 418 g/mol. The second-order valence-corrected chi connectivity index (χ2v) is 7.28. The maximum absolute atomic E-state index is 13.5. The molecule has 0 unspecified atom stereocenters. The van der Waals surface area contributed by atoms with Gasteiger partial charge in [0.2, 0.25) is 0 Å². The predicted molar refractivity (Wildman–Crippen MR) is 113 cm³/mol. The van der Waals surface area contributed by atoms with Crippen molar-refractivity contribution in [1.29, 1.82) is 0 Å². The van der Waals surface area contributed by atoms with Crippen LogP contribution < -0.4 is 15.5 Å². The molecule has 0 bridgehead atoms. The Hall–Kier alpha value is -2.64. The van der Waals surface area contributed by atoms with Crippen molar-refractivity contribution in [3.8, 4) is 0 Å². The van der Waals surface area contributed by atoms with Crippen molar-refractivity contribution in [3.05, 3.63) is 59.4 Å². The number of carbonyl (C=O) groups excluding carboxylic acids is 2. The van der Waals surface area contributed by atoms with Crippen LogP contribution in [0.3, 0.4) is 0 Å². The van der Waals surface area contributed by atoms with Crippen LogP contribution >= 0.6 is 11.6 Å². The van der Waals surface area contributed by atoms with Crippen molar-refractivity contribution in [2.75, 3.05) is 49.5 Å². The predicted octanol–water partition coefficient (Wildman–Crippen LogP) is 2.75. The molecule has 2 aromatic carbocycles. The lowest BCUT2D eigenvalue weighted by molar-refractivity contribution is -0.136. The Bertz CT molecular complexity index is 839. The van der Waals surface area contributed by atoms with Gasteiger partial charge < -0.3 is 15.5 Å². The van der Waals surface area contributed by atoms with Gasteiger partial charge in [0.15, 0.2) is 0 Å². The molecule has 0 saturated carbocycles. The molecule has 1 fully saturated rings. The van der Waals surface area contributed by atoms with Crippen LogP contribution in [0, 0.1) is 5.82 Å². The van der Waals surface area contributed by atoms with Crippen molar-refractivity contribution in [3.63, 3.8) is 0 Å². The number of amides is 2. The van der Waals surface area contributed by atoms with Gasteiger partial charge in [-0.15, -0.1) is 0 Å². The molecule has 0 aromatic heterocycles. The molecule has 6 nitrogen and oxygen atoms in total. The van der Waals surface area contributed by atoms with E-state index in [1.54, 1.807) is 6.07 Å². The summed E-state index contributed by atoms with van der Waals surface area (Å²) in [6.07, 6.45) is 0.736. The first-order valence-corrected chi connectivity index (χ1v) is 9.97. The van der Waals surface area contributed by atoms with Crippen LogP contribution in [0.25, 0.3) is 0 Å². The second-order valence-electron chi connectivity index (χ2n) is 6.85. The van der Waals surface area contributed by atoms with Crippen molar-refractivity contribution in [2.24, 2.45) is 0 Å². The van der Waals surface area contributed by atoms with Crippen LogP contribution in [-0.4, -0.2) is 56.0 Å². The zero-order chi connectivity index (χ0) is 20.6. The number of halogens is 2. The molecule has 0 aliphatic carbocycles. The average molecular weight is 419 g/mol. The van der Waals surface area contributed by atoms with Crippen LogP contribution in [0.5, 0.6) is 0 Å². The van der Waals surface area contributed by atoms with Gasteiger partial charge in [-0.3, -0.25) is 14.5 Å². The number of hydrogen-bond donors (Lipinski definition) is 2. The Morgan fingerprint density at radius 1 is 0.966 bits per heavy atom. The number of benzene rings is 2. The van der Waals surface area contributed by atoms with Crippen LogP contribution in [0.2, 0.25) is 5.02 Å². The van der Waals surface area contributed by atoms with Crippen molar-refractivity contribution in [2.45, 2.75) is 6.42 Å². The van der Waals surface area contributed by atoms with Crippen molar-refractivity contribution < 1.29 is 14.0 Å². The molecule has 1 saturated heterocycles. The first-order valence-electron chi connectivity index (χ1n) is 9.59. The fraction of sp³-hybridized carbons (Fsp3) is 0.333. The highest BCUT2D eigenvalue weighted by atomic mass is 35.5. The molecule has 154 valence electrons. The summed E-state index contributed by atoms with van der Waals surface area (Å²) < 4.78 is 13.5. The molecule has 0 radical (unpaired) electrons. The van der Waals surface area contributed by atoms with E-state index < -0.39 is 17.6 Å². The summed E-state index contributed by atoms with van der Waals surface area (Å²) in [5.41, 5.74) is 1.16. The first kappa shape index (κ1) is 21.1. The van der Waals surface area contributed by atoms with Gasteiger partial charge in [-0.05, 0) is 49.4 Å². The lowest BCUT2D eigenvalue weighted by atomic mass is 10.2. The van der Waals surface area contributed by atoms with E-state index in [4.69, 9.17) is 11.6 Å². The molecular formula is C21H24ClFN4O2. The molecule has 0 spiro atoms. The molecule has 1 aliphatic heterocycles. The van der Waals surface area contributed by atoms with Gasteiger partial charge in [0, 0.05) is 43.4 Å². The summed E-state index contributed by atoms with van der Waals surface area (Å²) in [5.74, 6) is -2.21. The summed E-state index contributed by atoms with van der Waals surface area (Å²) in [5, 5.41) is 5.59. The molecular weight excluding hydrogens is 395 g/mol. The average Bonchev–Trinajstić information content (AvgIpc) is 2.74. The minimum Gasteiger partial charge on any atom is -0.369 e. The number of rotatable bonds is 6. The number of hydrogen-bond acceptors (Lipinski definition) is 4. The summed E-state index contributed by atoms with van der Waals surface area (Å²) in [4.78, 5) is 28.3. The molecule has 3 rings (SSSR count). The Morgan fingerprint density at radius 3 is 2.34 bits per heavy atom. The van der Waals surface area contributed by atoms with E-state index in [9.17, 15) is 14.0 Å². The SMILES string of the molecule is O=C(NCCCN1CCN(c2ccc(Cl)cc2)CC1)C(=O)Nc1ccccc1F.